The van der Waals surface area contributed by atoms with E-state index in [4.69, 9.17) is 9.47 Å². The molecule has 112 valence electrons. The molecule has 0 radical (unpaired) electrons. The maximum atomic E-state index is 11.2. The maximum absolute atomic E-state index is 11.2. The number of carbonyl (C=O) groups excluding carboxylic acids is 1. The monoisotopic (exact) mass is 270 g/mol. The van der Waals surface area contributed by atoms with Gasteiger partial charge >= 0.3 is 5.97 Å². The second-order valence-corrected chi connectivity index (χ2v) is 4.85. The zero-order valence-corrected chi connectivity index (χ0v) is 12.7. The van der Waals surface area contributed by atoms with Crippen LogP contribution in [0.25, 0.3) is 0 Å². The van der Waals surface area contributed by atoms with Gasteiger partial charge in [0.05, 0.1) is 6.61 Å². The van der Waals surface area contributed by atoms with Crippen LogP contribution in [-0.2, 0) is 14.3 Å². The Hall–Kier alpha value is -0.830. The third-order valence-corrected chi connectivity index (χ3v) is 2.97. The predicted molar refractivity (Wildman–Crippen MR) is 78.9 cm³/mol. The summed E-state index contributed by atoms with van der Waals surface area (Å²) in [6.07, 6.45) is 11.2. The van der Waals surface area contributed by atoms with Crippen molar-refractivity contribution in [2.24, 2.45) is 0 Å². The lowest BCUT2D eigenvalue weighted by Crippen LogP contribution is -2.20. The van der Waals surface area contributed by atoms with Gasteiger partial charge in [-0.15, -0.1) is 0 Å². The SMILES string of the molecule is C=CC(=O)OC(CCCCCCCCC)OCCC. The third-order valence-electron chi connectivity index (χ3n) is 2.97. The maximum Gasteiger partial charge on any atom is 0.332 e. The normalized spacial score (nSPS) is 12.1. The third kappa shape index (κ3) is 12.0. The molecule has 0 spiro atoms. The highest BCUT2D eigenvalue weighted by atomic mass is 16.7. The molecule has 0 heterocycles. The lowest BCUT2D eigenvalue weighted by Gasteiger charge is -2.17. The van der Waals surface area contributed by atoms with Crippen molar-refractivity contribution in [3.63, 3.8) is 0 Å². The van der Waals surface area contributed by atoms with Gasteiger partial charge in [-0.1, -0.05) is 59.0 Å². The predicted octanol–water partition coefficient (Wildman–Crippen LogP) is 4.61. The molecule has 1 unspecified atom stereocenters. The smallest absolute Gasteiger partial charge is 0.332 e. The van der Waals surface area contributed by atoms with E-state index in [1.54, 1.807) is 0 Å². The molecule has 0 aliphatic heterocycles. The molecule has 0 bridgehead atoms. The van der Waals surface area contributed by atoms with Gasteiger partial charge in [-0.3, -0.25) is 0 Å². The van der Waals surface area contributed by atoms with Crippen LogP contribution in [0.2, 0.25) is 0 Å². The summed E-state index contributed by atoms with van der Waals surface area (Å²) in [6, 6.07) is 0. The summed E-state index contributed by atoms with van der Waals surface area (Å²) >= 11 is 0. The Kier molecular flexibility index (Phi) is 13.0. The van der Waals surface area contributed by atoms with Crippen molar-refractivity contribution in [1.29, 1.82) is 0 Å². The van der Waals surface area contributed by atoms with Crippen LogP contribution in [0.1, 0.15) is 71.6 Å². The van der Waals surface area contributed by atoms with E-state index in [0.29, 0.717) is 6.61 Å². The highest BCUT2D eigenvalue weighted by Crippen LogP contribution is 2.12. The summed E-state index contributed by atoms with van der Waals surface area (Å²) in [7, 11) is 0. The van der Waals surface area contributed by atoms with Crippen LogP contribution >= 0.6 is 0 Å². The van der Waals surface area contributed by atoms with Crippen LogP contribution in [0.4, 0.5) is 0 Å². The van der Waals surface area contributed by atoms with Crippen LogP contribution in [0, 0.1) is 0 Å². The first-order valence-corrected chi connectivity index (χ1v) is 7.69. The molecule has 0 fully saturated rings. The minimum absolute atomic E-state index is 0.399. The summed E-state index contributed by atoms with van der Waals surface area (Å²) in [5.41, 5.74) is 0. The van der Waals surface area contributed by atoms with Crippen molar-refractivity contribution >= 4 is 5.97 Å². The highest BCUT2D eigenvalue weighted by Gasteiger charge is 2.12. The van der Waals surface area contributed by atoms with Crippen LogP contribution in [0.15, 0.2) is 12.7 Å². The summed E-state index contributed by atoms with van der Waals surface area (Å²) in [6.45, 7) is 8.30. The number of hydrogen-bond donors (Lipinski definition) is 0. The van der Waals surface area contributed by atoms with Crippen LogP contribution < -0.4 is 0 Å². The molecule has 3 nitrogen and oxygen atoms in total. The Morgan fingerprint density at radius 2 is 1.68 bits per heavy atom. The molecule has 0 saturated carbocycles. The molecule has 0 amide bonds. The molecule has 0 saturated heterocycles. The fraction of sp³-hybridized carbons (Fsp3) is 0.812. The fourth-order valence-corrected chi connectivity index (χ4v) is 1.87. The Morgan fingerprint density at radius 3 is 2.26 bits per heavy atom. The zero-order valence-electron chi connectivity index (χ0n) is 12.7. The molecule has 3 heteroatoms. The van der Waals surface area contributed by atoms with E-state index in [1.165, 1.54) is 44.6 Å². The summed E-state index contributed by atoms with van der Waals surface area (Å²) in [5, 5.41) is 0. The van der Waals surface area contributed by atoms with Crippen molar-refractivity contribution in [2.45, 2.75) is 77.9 Å². The van der Waals surface area contributed by atoms with E-state index in [9.17, 15) is 4.79 Å². The number of unbranched alkanes of at least 4 members (excludes halogenated alkanes) is 6. The van der Waals surface area contributed by atoms with Crippen LogP contribution in [0.3, 0.4) is 0 Å². The van der Waals surface area contributed by atoms with Gasteiger partial charge in [0.15, 0.2) is 0 Å². The van der Waals surface area contributed by atoms with Gasteiger partial charge in [0.25, 0.3) is 0 Å². The lowest BCUT2D eigenvalue weighted by atomic mass is 10.1. The van der Waals surface area contributed by atoms with Crippen LogP contribution in [0.5, 0.6) is 0 Å². The Labute approximate surface area is 118 Å². The van der Waals surface area contributed by atoms with E-state index in [1.807, 2.05) is 6.92 Å². The van der Waals surface area contributed by atoms with Crippen molar-refractivity contribution in [3.05, 3.63) is 12.7 Å². The summed E-state index contributed by atoms with van der Waals surface area (Å²) in [5.74, 6) is -0.399. The molecule has 0 rings (SSSR count). The van der Waals surface area contributed by atoms with Crippen molar-refractivity contribution in [3.8, 4) is 0 Å². The first-order valence-electron chi connectivity index (χ1n) is 7.69. The minimum Gasteiger partial charge on any atom is -0.433 e. The molecule has 19 heavy (non-hydrogen) atoms. The molecular weight excluding hydrogens is 240 g/mol. The average Bonchev–Trinajstić information content (AvgIpc) is 2.43. The van der Waals surface area contributed by atoms with E-state index in [-0.39, 0.29) is 0 Å². The Bertz CT molecular complexity index is 226. The molecule has 0 aliphatic rings. The Morgan fingerprint density at radius 1 is 1.05 bits per heavy atom. The van der Waals surface area contributed by atoms with Gasteiger partial charge < -0.3 is 9.47 Å². The molecule has 0 N–H and O–H groups in total. The van der Waals surface area contributed by atoms with Gasteiger partial charge in [0, 0.05) is 12.5 Å². The first-order chi connectivity index (χ1) is 9.24. The average molecular weight is 270 g/mol. The van der Waals surface area contributed by atoms with Crippen molar-refractivity contribution in [2.75, 3.05) is 6.61 Å². The van der Waals surface area contributed by atoms with Crippen molar-refractivity contribution in [1.82, 2.24) is 0 Å². The minimum atomic E-state index is -0.402. The molecule has 1 atom stereocenters. The molecule has 0 aromatic heterocycles. The lowest BCUT2D eigenvalue weighted by molar-refractivity contribution is -0.174. The first kappa shape index (κ1) is 18.2. The van der Waals surface area contributed by atoms with Gasteiger partial charge in [0.2, 0.25) is 6.29 Å². The molecule has 0 aromatic rings. The topological polar surface area (TPSA) is 35.5 Å². The molecule has 0 aliphatic carbocycles. The standard InChI is InChI=1S/C16H30O3/c1-4-7-8-9-10-11-12-13-16(18-14-5-2)19-15(17)6-3/h6,16H,3-5,7-14H2,1-2H3. The second-order valence-electron chi connectivity index (χ2n) is 4.85. The van der Waals surface area contributed by atoms with E-state index in [2.05, 4.69) is 13.5 Å². The molecular formula is C16H30O3. The van der Waals surface area contributed by atoms with E-state index >= 15 is 0 Å². The second kappa shape index (κ2) is 13.6. The molecule has 0 aromatic carbocycles. The quantitative estimate of drug-likeness (QED) is 0.212. The van der Waals surface area contributed by atoms with Gasteiger partial charge in [-0.05, 0) is 12.8 Å². The number of rotatable bonds is 13. The van der Waals surface area contributed by atoms with E-state index < -0.39 is 12.3 Å². The van der Waals surface area contributed by atoms with Crippen molar-refractivity contribution < 1.29 is 14.3 Å². The number of carbonyl (C=O) groups is 1. The number of hydrogen-bond acceptors (Lipinski definition) is 3. The summed E-state index contributed by atoms with van der Waals surface area (Å²) in [4.78, 5) is 11.2. The number of ether oxygens (including phenoxy) is 2. The zero-order chi connectivity index (χ0) is 14.3. The number of esters is 1. The van der Waals surface area contributed by atoms with Crippen LogP contribution in [-0.4, -0.2) is 18.9 Å². The van der Waals surface area contributed by atoms with E-state index in [0.717, 1.165) is 19.3 Å². The van der Waals surface area contributed by atoms with Gasteiger partial charge in [-0.25, -0.2) is 4.79 Å². The fourth-order valence-electron chi connectivity index (χ4n) is 1.87. The highest BCUT2D eigenvalue weighted by molar-refractivity contribution is 5.81. The Balaban J connectivity index is 3.66. The van der Waals surface area contributed by atoms with Gasteiger partial charge in [-0.2, -0.15) is 0 Å². The summed E-state index contributed by atoms with van der Waals surface area (Å²) < 4.78 is 10.7. The largest absolute Gasteiger partial charge is 0.433 e. The van der Waals surface area contributed by atoms with Gasteiger partial charge in [0.1, 0.15) is 0 Å².